The lowest BCUT2D eigenvalue weighted by Crippen LogP contribution is -1.95. The molecule has 0 unspecified atom stereocenters. The molecule has 3 aromatic rings. The van der Waals surface area contributed by atoms with E-state index in [4.69, 9.17) is 0 Å². The second kappa shape index (κ2) is 6.37. The highest BCUT2D eigenvalue weighted by Crippen LogP contribution is 2.18. The van der Waals surface area contributed by atoms with E-state index in [1.807, 2.05) is 4.52 Å². The van der Waals surface area contributed by atoms with Crippen molar-refractivity contribution in [3.8, 4) is 0 Å². The summed E-state index contributed by atoms with van der Waals surface area (Å²) in [5, 5.41) is 14.1. The van der Waals surface area contributed by atoms with Gasteiger partial charge in [-0.3, -0.25) is 0 Å². The van der Waals surface area contributed by atoms with E-state index in [-0.39, 0.29) is 0 Å². The van der Waals surface area contributed by atoms with Crippen molar-refractivity contribution < 1.29 is 0 Å². The Balaban J connectivity index is 1.63. The maximum absolute atomic E-state index is 4.62. The molecule has 104 valence electrons. The van der Waals surface area contributed by atoms with Crippen LogP contribution in [0.4, 0.5) is 0 Å². The highest BCUT2D eigenvalue weighted by Gasteiger charge is 2.10. The third-order valence-electron chi connectivity index (χ3n) is 3.07. The van der Waals surface area contributed by atoms with E-state index >= 15 is 0 Å². The zero-order chi connectivity index (χ0) is 13.8. The van der Waals surface area contributed by atoms with E-state index in [0.717, 1.165) is 40.8 Å². The third kappa shape index (κ3) is 3.02. The average Bonchev–Trinajstić information content (AvgIpc) is 3.02. The minimum absolute atomic E-state index is 0.856. The van der Waals surface area contributed by atoms with E-state index in [1.54, 1.807) is 23.1 Å². The van der Waals surface area contributed by atoms with Crippen molar-refractivity contribution in [1.29, 1.82) is 0 Å². The van der Waals surface area contributed by atoms with Crippen LogP contribution in [-0.4, -0.2) is 26.1 Å². The van der Waals surface area contributed by atoms with Crippen LogP contribution in [0.2, 0.25) is 0 Å². The summed E-state index contributed by atoms with van der Waals surface area (Å²) in [6.07, 6.45) is 5.28. The van der Waals surface area contributed by atoms with Gasteiger partial charge in [-0.2, -0.15) is 21.4 Å². The van der Waals surface area contributed by atoms with Crippen LogP contribution >= 0.6 is 23.1 Å². The predicted molar refractivity (Wildman–Crippen MR) is 84.3 cm³/mol. The molecular formula is C14H16N4S2. The Labute approximate surface area is 126 Å². The highest BCUT2D eigenvalue weighted by molar-refractivity contribution is 7.97. The number of hydrogen-bond acceptors (Lipinski definition) is 5. The van der Waals surface area contributed by atoms with Gasteiger partial charge < -0.3 is 0 Å². The first-order valence-corrected chi connectivity index (χ1v) is 8.80. The lowest BCUT2D eigenvalue weighted by molar-refractivity contribution is 0.777. The quantitative estimate of drug-likeness (QED) is 0.701. The van der Waals surface area contributed by atoms with Gasteiger partial charge in [-0.05, 0) is 24.7 Å². The van der Waals surface area contributed by atoms with Gasteiger partial charge in [0.25, 0.3) is 0 Å². The fourth-order valence-corrected chi connectivity index (χ4v) is 3.44. The minimum Gasteiger partial charge on any atom is -0.186 e. The molecule has 0 N–H and O–H groups in total. The number of thioether (sulfide) groups is 1. The van der Waals surface area contributed by atoms with Gasteiger partial charge >= 0.3 is 0 Å². The summed E-state index contributed by atoms with van der Waals surface area (Å²) in [6, 6.07) is 10.6. The molecule has 0 aliphatic heterocycles. The normalized spacial score (nSPS) is 11.2. The molecule has 0 aliphatic rings. The summed E-state index contributed by atoms with van der Waals surface area (Å²) in [6.45, 7) is 0. The summed E-state index contributed by atoms with van der Waals surface area (Å²) in [7, 11) is 0. The van der Waals surface area contributed by atoms with Crippen molar-refractivity contribution >= 4 is 28.1 Å². The van der Waals surface area contributed by atoms with E-state index < -0.39 is 0 Å². The van der Waals surface area contributed by atoms with Gasteiger partial charge in [0, 0.05) is 6.42 Å². The summed E-state index contributed by atoms with van der Waals surface area (Å²) in [4.78, 5) is 0.906. The number of aromatic nitrogens is 4. The van der Waals surface area contributed by atoms with Crippen molar-refractivity contribution in [2.75, 3.05) is 6.26 Å². The molecular weight excluding hydrogens is 288 g/mol. The molecule has 4 nitrogen and oxygen atoms in total. The van der Waals surface area contributed by atoms with Gasteiger partial charge in [0.05, 0.1) is 5.75 Å². The van der Waals surface area contributed by atoms with Gasteiger partial charge in [0.2, 0.25) is 4.96 Å². The number of rotatable bonds is 6. The summed E-state index contributed by atoms with van der Waals surface area (Å²) in [5.41, 5.74) is 1.39. The molecule has 0 spiro atoms. The van der Waals surface area contributed by atoms with Gasteiger partial charge in [0.15, 0.2) is 5.82 Å². The van der Waals surface area contributed by atoms with Gasteiger partial charge in [-0.1, -0.05) is 41.7 Å². The second-order valence-corrected chi connectivity index (χ2v) is 6.49. The van der Waals surface area contributed by atoms with Crippen molar-refractivity contribution in [3.05, 3.63) is 46.7 Å². The van der Waals surface area contributed by atoms with E-state index in [0.29, 0.717) is 0 Å². The Kier molecular flexibility index (Phi) is 4.32. The van der Waals surface area contributed by atoms with E-state index in [1.165, 1.54) is 5.56 Å². The molecule has 0 saturated carbocycles. The van der Waals surface area contributed by atoms with Crippen LogP contribution in [0.15, 0.2) is 30.3 Å². The number of benzene rings is 1. The fourth-order valence-electron chi connectivity index (χ4n) is 2.11. The van der Waals surface area contributed by atoms with Crippen LogP contribution in [0.1, 0.15) is 22.8 Å². The molecule has 0 atom stereocenters. The van der Waals surface area contributed by atoms with Crippen LogP contribution in [0.3, 0.4) is 0 Å². The topological polar surface area (TPSA) is 43.1 Å². The largest absolute Gasteiger partial charge is 0.234 e. The summed E-state index contributed by atoms with van der Waals surface area (Å²) in [5.74, 6) is 1.80. The van der Waals surface area contributed by atoms with Gasteiger partial charge in [-0.25, -0.2) is 0 Å². The Bertz CT molecular complexity index is 675. The van der Waals surface area contributed by atoms with Crippen LogP contribution in [0.5, 0.6) is 0 Å². The Morgan fingerprint density at radius 3 is 2.80 bits per heavy atom. The van der Waals surface area contributed by atoms with Crippen LogP contribution in [0, 0.1) is 0 Å². The monoisotopic (exact) mass is 304 g/mol. The Hall–Kier alpha value is -1.40. The number of aryl methyl sites for hydroxylation is 2. The molecule has 0 amide bonds. The number of hydrogen-bond donors (Lipinski definition) is 0. The molecule has 2 aromatic heterocycles. The molecule has 2 heterocycles. The maximum atomic E-state index is 4.62. The summed E-state index contributed by atoms with van der Waals surface area (Å²) < 4.78 is 1.89. The minimum atomic E-state index is 0.856. The first-order chi connectivity index (χ1) is 9.86. The molecule has 3 rings (SSSR count). The number of fused-ring (bicyclic) bond motifs is 1. The van der Waals surface area contributed by atoms with Crippen molar-refractivity contribution in [3.63, 3.8) is 0 Å². The molecule has 0 saturated heterocycles. The van der Waals surface area contributed by atoms with Crippen molar-refractivity contribution in [2.24, 2.45) is 0 Å². The third-order valence-corrected chi connectivity index (χ3v) is 4.58. The molecule has 0 bridgehead atoms. The maximum Gasteiger partial charge on any atom is 0.234 e. The zero-order valence-corrected chi connectivity index (χ0v) is 13.0. The van der Waals surface area contributed by atoms with Crippen LogP contribution in [-0.2, 0) is 18.6 Å². The van der Waals surface area contributed by atoms with Crippen molar-refractivity contribution in [2.45, 2.75) is 25.0 Å². The SMILES string of the molecule is CSCc1nnc2sc(CCCc3ccccc3)nn12. The van der Waals surface area contributed by atoms with E-state index in [2.05, 4.69) is 51.9 Å². The van der Waals surface area contributed by atoms with Crippen LogP contribution in [0.25, 0.3) is 4.96 Å². The molecule has 0 radical (unpaired) electrons. The Morgan fingerprint density at radius 2 is 2.00 bits per heavy atom. The first kappa shape index (κ1) is 13.6. The lowest BCUT2D eigenvalue weighted by atomic mass is 10.1. The molecule has 1 aromatic carbocycles. The molecule has 6 heteroatoms. The zero-order valence-electron chi connectivity index (χ0n) is 11.3. The molecule has 0 fully saturated rings. The summed E-state index contributed by atoms with van der Waals surface area (Å²) >= 11 is 3.39. The van der Waals surface area contributed by atoms with Gasteiger partial charge in [-0.15, -0.1) is 10.2 Å². The smallest absolute Gasteiger partial charge is 0.186 e. The second-order valence-electron chi connectivity index (χ2n) is 4.58. The van der Waals surface area contributed by atoms with Crippen molar-refractivity contribution in [1.82, 2.24) is 19.8 Å². The molecule has 20 heavy (non-hydrogen) atoms. The average molecular weight is 304 g/mol. The molecule has 0 aliphatic carbocycles. The predicted octanol–water partition coefficient (Wildman–Crippen LogP) is 3.22. The van der Waals surface area contributed by atoms with E-state index in [9.17, 15) is 0 Å². The van der Waals surface area contributed by atoms with Crippen LogP contribution < -0.4 is 0 Å². The first-order valence-electron chi connectivity index (χ1n) is 6.59. The Morgan fingerprint density at radius 1 is 1.15 bits per heavy atom. The highest BCUT2D eigenvalue weighted by atomic mass is 32.2. The lowest BCUT2D eigenvalue weighted by Gasteiger charge is -1.98. The van der Waals surface area contributed by atoms with Gasteiger partial charge in [0.1, 0.15) is 5.01 Å². The number of nitrogens with zero attached hydrogens (tertiary/aromatic N) is 4. The fraction of sp³-hybridized carbons (Fsp3) is 0.357. The standard InChI is InChI=1S/C14H16N4S2/c1-19-10-12-15-16-14-18(12)17-13(20-14)9-5-8-11-6-3-2-4-7-11/h2-4,6-7H,5,8-10H2,1H3.